The van der Waals surface area contributed by atoms with E-state index in [-0.39, 0.29) is 11.9 Å². The van der Waals surface area contributed by atoms with Crippen LogP contribution in [0, 0.1) is 5.92 Å². The zero-order valence-corrected chi connectivity index (χ0v) is 15.1. The minimum atomic E-state index is -2.17. The molecule has 0 radical (unpaired) electrons. The Labute approximate surface area is 111 Å². The molecule has 0 aromatic carbocycles. The molecule has 0 heterocycles. The minimum absolute atomic E-state index is 0.0550. The zero-order chi connectivity index (χ0) is 12.1. The third-order valence-corrected chi connectivity index (χ3v) is 9.75. The first-order valence-corrected chi connectivity index (χ1v) is 16.7. The van der Waals surface area contributed by atoms with E-state index in [9.17, 15) is 4.79 Å². The first-order valence-electron chi connectivity index (χ1n) is 5.17. The van der Waals surface area contributed by atoms with Crippen molar-refractivity contribution >= 4 is 46.9 Å². The summed E-state index contributed by atoms with van der Waals surface area (Å²) >= 11 is 0.162. The number of halogens is 1. The van der Waals surface area contributed by atoms with Gasteiger partial charge in [-0.15, -0.1) is 0 Å². The topological polar surface area (TPSA) is 26.3 Å². The molecule has 0 saturated heterocycles. The summed E-state index contributed by atoms with van der Waals surface area (Å²) in [6, 6.07) is 0. The Bertz CT molecular complexity index is 233. The van der Waals surface area contributed by atoms with E-state index >= 15 is 0 Å². The molecule has 0 unspecified atom stereocenters. The zero-order valence-electron chi connectivity index (χ0n) is 10.1. The van der Waals surface area contributed by atoms with Gasteiger partial charge in [-0.3, -0.25) is 0 Å². The van der Waals surface area contributed by atoms with Crippen molar-refractivity contribution in [1.29, 1.82) is 0 Å². The number of methoxy groups -OCH3 is 1. The molecule has 0 amide bonds. The van der Waals surface area contributed by atoms with E-state index < -0.39 is 18.4 Å². The standard InChI is InChI=1S/C8H12IO2.3CH3.Sn/c1-3-7(5-4-6-9)8(10)11-2;;;;/h7H,1,4-6H2,2H3;3*1H3;/t7-;;;;/m1..../s1. The summed E-state index contributed by atoms with van der Waals surface area (Å²) < 4.78 is 7.12. The molecular formula is C11H21IO2Sn. The number of hydrogen-bond donors (Lipinski definition) is 0. The molecule has 15 heavy (non-hydrogen) atoms. The second-order valence-corrected chi connectivity index (χ2v) is 20.4. The maximum atomic E-state index is 11.7. The maximum absolute atomic E-state index is 11.7. The molecule has 0 aliphatic rings. The number of hydrogen-bond acceptors (Lipinski definition) is 2. The van der Waals surface area contributed by atoms with Crippen LogP contribution >= 0.6 is 22.6 Å². The average molecular weight is 431 g/mol. The summed E-state index contributed by atoms with van der Waals surface area (Å²) in [5.41, 5.74) is 0. The first-order chi connectivity index (χ1) is 6.84. The SMILES string of the molecule is C=[C]([C@H](CCCI)C(=O)OC)[Sn]([CH3])([CH3])[CH3]. The fourth-order valence-corrected chi connectivity index (χ4v) is 5.55. The monoisotopic (exact) mass is 432 g/mol. The number of rotatable bonds is 6. The van der Waals surface area contributed by atoms with E-state index in [1.165, 1.54) is 10.7 Å². The third kappa shape index (κ3) is 5.56. The Morgan fingerprint density at radius 1 is 1.47 bits per heavy atom. The summed E-state index contributed by atoms with van der Waals surface area (Å²) in [5, 5.41) is 0. The van der Waals surface area contributed by atoms with E-state index in [0.717, 1.165) is 17.3 Å². The Hall–Kier alpha value is 0.739. The fraction of sp³-hybridized carbons (Fsp3) is 0.727. The Kier molecular flexibility index (Phi) is 7.49. The van der Waals surface area contributed by atoms with Crippen LogP contribution in [0.4, 0.5) is 0 Å². The van der Waals surface area contributed by atoms with Crippen molar-refractivity contribution in [2.24, 2.45) is 5.92 Å². The normalized spacial score (nSPS) is 13.4. The van der Waals surface area contributed by atoms with Gasteiger partial charge in [-0.1, -0.05) is 0 Å². The number of carbonyl (C=O) groups is 1. The number of alkyl halides is 1. The summed E-state index contributed by atoms with van der Waals surface area (Å²) in [7, 11) is 1.46. The number of ether oxygens (including phenoxy) is 1. The molecule has 0 spiro atoms. The van der Waals surface area contributed by atoms with Gasteiger partial charge in [0, 0.05) is 0 Å². The predicted molar refractivity (Wildman–Crippen MR) is 76.1 cm³/mol. The number of carbonyl (C=O) groups excluding carboxylic acids is 1. The quantitative estimate of drug-likeness (QED) is 0.279. The molecule has 1 atom stereocenters. The molecule has 0 aliphatic heterocycles. The van der Waals surface area contributed by atoms with Crippen LogP contribution in [0.25, 0.3) is 0 Å². The van der Waals surface area contributed by atoms with Gasteiger partial charge in [-0.05, 0) is 0 Å². The van der Waals surface area contributed by atoms with Gasteiger partial charge >= 0.3 is 112 Å². The number of esters is 1. The predicted octanol–water partition coefficient (Wildman–Crippen LogP) is 3.42. The van der Waals surface area contributed by atoms with Crippen molar-refractivity contribution in [2.75, 3.05) is 11.5 Å². The first kappa shape index (κ1) is 15.7. The average Bonchev–Trinajstić information content (AvgIpc) is 2.16. The van der Waals surface area contributed by atoms with Crippen molar-refractivity contribution in [2.45, 2.75) is 27.7 Å². The van der Waals surface area contributed by atoms with Crippen LogP contribution in [-0.4, -0.2) is 35.9 Å². The summed E-state index contributed by atoms with van der Waals surface area (Å²) in [5.74, 6) is -0.156. The van der Waals surface area contributed by atoms with Crippen molar-refractivity contribution < 1.29 is 9.53 Å². The molecule has 0 fully saturated rings. The molecule has 0 aromatic heterocycles. The second kappa shape index (κ2) is 7.14. The van der Waals surface area contributed by atoms with Crippen molar-refractivity contribution in [3.63, 3.8) is 0 Å². The Morgan fingerprint density at radius 3 is 2.33 bits per heavy atom. The van der Waals surface area contributed by atoms with Crippen molar-refractivity contribution in [1.82, 2.24) is 0 Å². The van der Waals surface area contributed by atoms with Gasteiger partial charge in [-0.2, -0.15) is 0 Å². The van der Waals surface area contributed by atoms with Crippen LogP contribution in [0.15, 0.2) is 10.2 Å². The van der Waals surface area contributed by atoms with E-state index in [1.54, 1.807) is 0 Å². The van der Waals surface area contributed by atoms with Gasteiger partial charge in [-0.25, -0.2) is 0 Å². The molecule has 2 nitrogen and oxygen atoms in total. The summed E-state index contributed by atoms with van der Waals surface area (Å²) in [6.45, 7) is 4.14. The molecule has 0 aromatic rings. The van der Waals surface area contributed by atoms with Crippen molar-refractivity contribution in [3.8, 4) is 0 Å². The van der Waals surface area contributed by atoms with Crippen LogP contribution in [0.5, 0.6) is 0 Å². The molecule has 0 rings (SSSR count). The van der Waals surface area contributed by atoms with Crippen LogP contribution in [-0.2, 0) is 9.53 Å². The van der Waals surface area contributed by atoms with Crippen LogP contribution in [0.2, 0.25) is 14.8 Å². The van der Waals surface area contributed by atoms with E-state index in [1.807, 2.05) is 0 Å². The van der Waals surface area contributed by atoms with Gasteiger partial charge in [0.05, 0.1) is 0 Å². The Balaban J connectivity index is 4.63. The fourth-order valence-electron chi connectivity index (χ4n) is 1.38. The van der Waals surface area contributed by atoms with Gasteiger partial charge in [0.15, 0.2) is 0 Å². The Morgan fingerprint density at radius 2 is 2.00 bits per heavy atom. The van der Waals surface area contributed by atoms with Crippen LogP contribution in [0.3, 0.4) is 0 Å². The molecule has 0 N–H and O–H groups in total. The molecular weight excluding hydrogens is 410 g/mol. The summed E-state index contributed by atoms with van der Waals surface area (Å²) in [4.78, 5) is 18.5. The van der Waals surface area contributed by atoms with Crippen LogP contribution < -0.4 is 0 Å². The summed E-state index contributed by atoms with van der Waals surface area (Å²) in [6.07, 6.45) is 1.95. The molecule has 0 aliphatic carbocycles. The van der Waals surface area contributed by atoms with Crippen molar-refractivity contribution in [3.05, 3.63) is 10.2 Å². The van der Waals surface area contributed by atoms with E-state index in [4.69, 9.17) is 4.74 Å². The van der Waals surface area contributed by atoms with E-state index in [2.05, 4.69) is 44.0 Å². The van der Waals surface area contributed by atoms with Gasteiger partial charge < -0.3 is 0 Å². The van der Waals surface area contributed by atoms with Gasteiger partial charge in [0.1, 0.15) is 0 Å². The third-order valence-electron chi connectivity index (χ3n) is 2.50. The van der Waals surface area contributed by atoms with Gasteiger partial charge in [0.2, 0.25) is 0 Å². The molecule has 4 heteroatoms. The van der Waals surface area contributed by atoms with E-state index in [0.29, 0.717) is 0 Å². The van der Waals surface area contributed by atoms with Gasteiger partial charge in [0.25, 0.3) is 0 Å². The second-order valence-electron chi connectivity index (χ2n) is 4.68. The van der Waals surface area contributed by atoms with Crippen LogP contribution in [0.1, 0.15) is 12.8 Å². The molecule has 88 valence electrons. The molecule has 0 saturated carbocycles. The molecule has 0 bridgehead atoms.